The molecule has 2 rings (SSSR count). The normalized spacial score (nSPS) is 19.9. The molecule has 4 nitrogen and oxygen atoms in total. The van der Waals surface area contributed by atoms with Crippen LogP contribution in [0.1, 0.15) is 18.4 Å². The van der Waals surface area contributed by atoms with Crippen LogP contribution in [-0.2, 0) is 16.2 Å². The second-order valence-corrected chi connectivity index (χ2v) is 6.84. The molecule has 21 heavy (non-hydrogen) atoms. The quantitative estimate of drug-likeness (QED) is 0.871. The van der Waals surface area contributed by atoms with Crippen LogP contribution in [0.4, 0.5) is 13.2 Å². The zero-order chi connectivity index (χ0) is 15.5. The first kappa shape index (κ1) is 16.3. The standard InChI is InChI=1S/C13H17F3N2O2S/c14-13(15,16)11-2-1-3-12(8-11)21(19,20)18-7-5-10-4-6-17-9-10/h1-3,8,10,17-18H,4-7,9H2. The SMILES string of the molecule is O=S(=O)(NCCC1CCNC1)c1cccc(C(F)(F)F)c1. The first-order valence-corrected chi connectivity index (χ1v) is 8.15. The van der Waals surface area contributed by atoms with Crippen molar-refractivity contribution in [1.82, 2.24) is 10.0 Å². The van der Waals surface area contributed by atoms with Gasteiger partial charge in [0.05, 0.1) is 10.5 Å². The monoisotopic (exact) mass is 322 g/mol. The van der Waals surface area contributed by atoms with Gasteiger partial charge in [-0.3, -0.25) is 0 Å². The van der Waals surface area contributed by atoms with Crippen LogP contribution in [0.25, 0.3) is 0 Å². The van der Waals surface area contributed by atoms with E-state index < -0.39 is 21.8 Å². The lowest BCUT2D eigenvalue weighted by Gasteiger charge is -2.12. The average Bonchev–Trinajstić information content (AvgIpc) is 2.91. The fourth-order valence-corrected chi connectivity index (χ4v) is 3.37. The van der Waals surface area contributed by atoms with Gasteiger partial charge in [0.25, 0.3) is 0 Å². The highest BCUT2D eigenvalue weighted by atomic mass is 32.2. The Labute approximate surface area is 121 Å². The summed E-state index contributed by atoms with van der Waals surface area (Å²) in [5.41, 5.74) is -0.967. The van der Waals surface area contributed by atoms with Crippen molar-refractivity contribution < 1.29 is 21.6 Å². The molecule has 0 spiro atoms. The molecule has 1 aliphatic heterocycles. The fourth-order valence-electron chi connectivity index (χ4n) is 2.28. The highest BCUT2D eigenvalue weighted by Gasteiger charge is 2.31. The maximum absolute atomic E-state index is 12.6. The van der Waals surface area contributed by atoms with Gasteiger partial charge in [0, 0.05) is 6.54 Å². The van der Waals surface area contributed by atoms with Crippen molar-refractivity contribution in [3.8, 4) is 0 Å². The van der Waals surface area contributed by atoms with E-state index >= 15 is 0 Å². The van der Waals surface area contributed by atoms with Crippen molar-refractivity contribution in [3.05, 3.63) is 29.8 Å². The van der Waals surface area contributed by atoms with Crippen molar-refractivity contribution in [3.63, 3.8) is 0 Å². The molecule has 0 radical (unpaired) electrons. The lowest BCUT2D eigenvalue weighted by molar-refractivity contribution is -0.137. The number of benzene rings is 1. The molecule has 0 aliphatic carbocycles. The van der Waals surface area contributed by atoms with Crippen LogP contribution >= 0.6 is 0 Å². The molecule has 1 atom stereocenters. The van der Waals surface area contributed by atoms with E-state index in [9.17, 15) is 21.6 Å². The highest BCUT2D eigenvalue weighted by Crippen LogP contribution is 2.30. The molecular weight excluding hydrogens is 305 g/mol. The van der Waals surface area contributed by atoms with Crippen LogP contribution in [0.15, 0.2) is 29.2 Å². The third-order valence-corrected chi connectivity index (χ3v) is 4.94. The maximum Gasteiger partial charge on any atom is 0.416 e. The molecule has 118 valence electrons. The molecule has 8 heteroatoms. The number of sulfonamides is 1. The van der Waals surface area contributed by atoms with E-state index in [0.29, 0.717) is 18.4 Å². The third-order valence-electron chi connectivity index (χ3n) is 3.48. The topological polar surface area (TPSA) is 58.2 Å². The Morgan fingerprint density at radius 2 is 2.10 bits per heavy atom. The lowest BCUT2D eigenvalue weighted by Crippen LogP contribution is -2.27. The molecule has 1 aliphatic rings. The van der Waals surface area contributed by atoms with Crippen molar-refractivity contribution in [2.24, 2.45) is 5.92 Å². The summed E-state index contributed by atoms with van der Waals surface area (Å²) in [5, 5.41) is 3.17. The van der Waals surface area contributed by atoms with Gasteiger partial charge in [0.2, 0.25) is 10.0 Å². The van der Waals surface area contributed by atoms with Gasteiger partial charge in [-0.25, -0.2) is 13.1 Å². The van der Waals surface area contributed by atoms with Crippen LogP contribution in [-0.4, -0.2) is 28.1 Å². The molecule has 1 saturated heterocycles. The van der Waals surface area contributed by atoms with Crippen LogP contribution in [0.2, 0.25) is 0 Å². The van der Waals surface area contributed by atoms with E-state index in [0.717, 1.165) is 37.7 Å². The zero-order valence-corrected chi connectivity index (χ0v) is 12.1. The summed E-state index contributed by atoms with van der Waals surface area (Å²) in [4.78, 5) is -0.359. The van der Waals surface area contributed by atoms with Crippen molar-refractivity contribution >= 4 is 10.0 Å². The molecule has 1 aromatic rings. The van der Waals surface area contributed by atoms with Crippen molar-refractivity contribution in [1.29, 1.82) is 0 Å². The van der Waals surface area contributed by atoms with E-state index in [-0.39, 0.29) is 11.4 Å². The fraction of sp³-hybridized carbons (Fsp3) is 0.538. The Morgan fingerprint density at radius 1 is 1.33 bits per heavy atom. The third kappa shape index (κ3) is 4.42. The Kier molecular flexibility index (Phi) is 4.90. The van der Waals surface area contributed by atoms with Crippen LogP contribution in [0.5, 0.6) is 0 Å². The average molecular weight is 322 g/mol. The van der Waals surface area contributed by atoms with Crippen molar-refractivity contribution in [2.75, 3.05) is 19.6 Å². The summed E-state index contributed by atoms with van der Waals surface area (Å²) in [6.45, 7) is 2.00. The first-order valence-electron chi connectivity index (χ1n) is 6.67. The zero-order valence-electron chi connectivity index (χ0n) is 11.3. The van der Waals surface area contributed by atoms with Gasteiger partial charge in [0.1, 0.15) is 0 Å². The smallest absolute Gasteiger partial charge is 0.316 e. The van der Waals surface area contributed by atoms with E-state index in [1.807, 2.05) is 0 Å². The van der Waals surface area contributed by atoms with E-state index in [1.165, 1.54) is 0 Å². The van der Waals surface area contributed by atoms with Gasteiger partial charge >= 0.3 is 6.18 Å². The summed E-state index contributed by atoms with van der Waals surface area (Å²) in [6.07, 6.45) is -2.89. The largest absolute Gasteiger partial charge is 0.416 e. The van der Waals surface area contributed by atoms with Gasteiger partial charge in [-0.2, -0.15) is 13.2 Å². The molecule has 0 amide bonds. The molecule has 0 bridgehead atoms. The Hall–Kier alpha value is -1.12. The van der Waals surface area contributed by atoms with E-state index in [1.54, 1.807) is 0 Å². The summed E-state index contributed by atoms with van der Waals surface area (Å²) >= 11 is 0. The second kappa shape index (κ2) is 6.33. The summed E-state index contributed by atoms with van der Waals surface area (Å²) < 4.78 is 64.1. The number of hydrogen-bond donors (Lipinski definition) is 2. The van der Waals surface area contributed by atoms with Gasteiger partial charge in [-0.1, -0.05) is 6.07 Å². The predicted octanol–water partition coefficient (Wildman–Crippen LogP) is 1.98. The summed E-state index contributed by atoms with van der Waals surface area (Å²) in [5.74, 6) is 0.411. The highest BCUT2D eigenvalue weighted by molar-refractivity contribution is 7.89. The Balaban J connectivity index is 2.01. The summed E-state index contributed by atoms with van der Waals surface area (Å²) in [6, 6.07) is 3.76. The number of rotatable bonds is 5. The van der Waals surface area contributed by atoms with Gasteiger partial charge < -0.3 is 5.32 Å². The second-order valence-electron chi connectivity index (χ2n) is 5.07. The molecule has 1 aromatic carbocycles. The molecule has 1 heterocycles. The Morgan fingerprint density at radius 3 is 2.71 bits per heavy atom. The molecular formula is C13H17F3N2O2S. The molecule has 1 unspecified atom stereocenters. The lowest BCUT2D eigenvalue weighted by atomic mass is 10.1. The summed E-state index contributed by atoms with van der Waals surface area (Å²) in [7, 11) is -3.91. The molecule has 0 aromatic heterocycles. The van der Waals surface area contributed by atoms with E-state index in [2.05, 4.69) is 10.0 Å². The Bertz CT molecular complexity index is 581. The van der Waals surface area contributed by atoms with Crippen LogP contribution < -0.4 is 10.0 Å². The van der Waals surface area contributed by atoms with Crippen molar-refractivity contribution in [2.45, 2.75) is 23.9 Å². The first-order chi connectivity index (χ1) is 9.79. The van der Waals surface area contributed by atoms with Crippen LogP contribution in [0.3, 0.4) is 0 Å². The molecule has 2 N–H and O–H groups in total. The molecule has 0 saturated carbocycles. The predicted molar refractivity (Wildman–Crippen MR) is 72.2 cm³/mol. The minimum absolute atomic E-state index is 0.227. The maximum atomic E-state index is 12.6. The van der Waals surface area contributed by atoms with Gasteiger partial charge in [0.15, 0.2) is 0 Å². The number of halogens is 3. The van der Waals surface area contributed by atoms with E-state index in [4.69, 9.17) is 0 Å². The van der Waals surface area contributed by atoms with Gasteiger partial charge in [-0.15, -0.1) is 0 Å². The number of hydrogen-bond acceptors (Lipinski definition) is 3. The number of nitrogens with one attached hydrogen (secondary N) is 2. The molecule has 1 fully saturated rings. The van der Waals surface area contributed by atoms with Crippen LogP contribution in [0, 0.1) is 5.92 Å². The minimum atomic E-state index is -4.55. The minimum Gasteiger partial charge on any atom is -0.316 e. The van der Waals surface area contributed by atoms with Gasteiger partial charge in [-0.05, 0) is 50.0 Å². The number of alkyl halides is 3.